The van der Waals surface area contributed by atoms with Crippen LogP contribution >= 0.6 is 0 Å². The average molecular weight is 237 g/mol. The third-order valence-electron chi connectivity index (χ3n) is 2.68. The van der Waals surface area contributed by atoms with E-state index in [1.165, 1.54) is 11.2 Å². The Kier molecular flexibility index (Phi) is 2.83. The molecule has 1 N–H and O–H groups in total. The van der Waals surface area contributed by atoms with E-state index in [-0.39, 0.29) is 11.9 Å². The number of aromatic nitrogens is 3. The minimum absolute atomic E-state index is 0.180. The maximum Gasteiger partial charge on any atom is 0.325 e. The number of carbonyl (C=O) groups is 2. The lowest BCUT2D eigenvalue weighted by Crippen LogP contribution is -2.40. The van der Waals surface area contributed by atoms with Gasteiger partial charge in [0.1, 0.15) is 18.2 Å². The zero-order chi connectivity index (χ0) is 12.5. The molecule has 1 aliphatic heterocycles. The number of hydrogen-bond donors (Lipinski definition) is 1. The number of nitrogens with zero attached hydrogens (tertiary/aromatic N) is 4. The van der Waals surface area contributed by atoms with Crippen LogP contribution in [0.1, 0.15) is 20.3 Å². The SMILES string of the molecule is CC1(C)NC(=O)N(CCCn2cncn2)C1=O. The molecule has 92 valence electrons. The van der Waals surface area contributed by atoms with Crippen LogP contribution in [-0.2, 0) is 11.3 Å². The van der Waals surface area contributed by atoms with Crippen molar-refractivity contribution < 1.29 is 9.59 Å². The highest BCUT2D eigenvalue weighted by Crippen LogP contribution is 2.16. The topological polar surface area (TPSA) is 80.1 Å². The Labute approximate surface area is 98.8 Å². The highest BCUT2D eigenvalue weighted by Gasteiger charge is 2.43. The minimum Gasteiger partial charge on any atom is -0.324 e. The number of amides is 3. The molecule has 0 bridgehead atoms. The van der Waals surface area contributed by atoms with Gasteiger partial charge >= 0.3 is 6.03 Å². The predicted octanol–water partition coefficient (Wildman–Crippen LogP) is -0.00140. The second-order valence-electron chi connectivity index (χ2n) is 4.52. The largest absolute Gasteiger partial charge is 0.325 e. The van der Waals surface area contributed by atoms with Crippen LogP contribution in [0.5, 0.6) is 0 Å². The monoisotopic (exact) mass is 237 g/mol. The molecule has 1 aliphatic rings. The molecule has 2 heterocycles. The number of rotatable bonds is 4. The van der Waals surface area contributed by atoms with Crippen LogP contribution in [0.25, 0.3) is 0 Å². The average Bonchev–Trinajstić information content (AvgIpc) is 2.80. The first-order valence-electron chi connectivity index (χ1n) is 5.47. The molecule has 0 unspecified atom stereocenters. The Morgan fingerprint density at radius 1 is 1.35 bits per heavy atom. The third kappa shape index (κ3) is 2.27. The van der Waals surface area contributed by atoms with Crippen molar-refractivity contribution in [3.8, 4) is 0 Å². The molecule has 2 rings (SSSR count). The molecule has 1 aromatic heterocycles. The van der Waals surface area contributed by atoms with Gasteiger partial charge in [-0.25, -0.2) is 9.78 Å². The second kappa shape index (κ2) is 4.15. The summed E-state index contributed by atoms with van der Waals surface area (Å²) in [6.45, 7) is 4.43. The van der Waals surface area contributed by atoms with Gasteiger partial charge in [0.05, 0.1) is 0 Å². The molecule has 17 heavy (non-hydrogen) atoms. The van der Waals surface area contributed by atoms with Gasteiger partial charge in [0.2, 0.25) is 0 Å². The highest BCUT2D eigenvalue weighted by molar-refractivity contribution is 6.06. The zero-order valence-corrected chi connectivity index (χ0v) is 9.88. The van der Waals surface area contributed by atoms with Crippen LogP contribution in [0.15, 0.2) is 12.7 Å². The molecule has 3 amide bonds. The number of carbonyl (C=O) groups excluding carboxylic acids is 2. The molecule has 1 saturated heterocycles. The smallest absolute Gasteiger partial charge is 0.324 e. The van der Waals surface area contributed by atoms with Gasteiger partial charge in [0, 0.05) is 13.1 Å². The molecule has 7 heteroatoms. The van der Waals surface area contributed by atoms with Crippen LogP contribution in [-0.4, -0.2) is 43.7 Å². The molecule has 1 fully saturated rings. The van der Waals surface area contributed by atoms with Crippen LogP contribution in [0.3, 0.4) is 0 Å². The summed E-state index contributed by atoms with van der Waals surface area (Å²) < 4.78 is 1.67. The summed E-state index contributed by atoms with van der Waals surface area (Å²) in [4.78, 5) is 28.5. The van der Waals surface area contributed by atoms with E-state index >= 15 is 0 Å². The fraction of sp³-hybridized carbons (Fsp3) is 0.600. The molecule has 0 atom stereocenters. The van der Waals surface area contributed by atoms with Crippen LogP contribution < -0.4 is 5.32 Å². The van der Waals surface area contributed by atoms with Crippen molar-refractivity contribution in [2.75, 3.05) is 6.54 Å². The zero-order valence-electron chi connectivity index (χ0n) is 9.88. The van der Waals surface area contributed by atoms with Gasteiger partial charge in [0.25, 0.3) is 5.91 Å². The Morgan fingerprint density at radius 2 is 2.12 bits per heavy atom. The summed E-state index contributed by atoms with van der Waals surface area (Å²) in [7, 11) is 0. The standard InChI is InChI=1S/C10H15N5O2/c1-10(2)8(16)15(9(17)13-10)5-3-4-14-7-11-6-12-14/h6-7H,3-5H2,1-2H3,(H,13,17). The maximum absolute atomic E-state index is 11.8. The minimum atomic E-state index is -0.787. The maximum atomic E-state index is 11.8. The van der Waals surface area contributed by atoms with E-state index in [0.717, 1.165) is 0 Å². The normalized spacial score (nSPS) is 18.6. The Bertz CT molecular complexity index is 426. The van der Waals surface area contributed by atoms with Crippen molar-refractivity contribution in [2.45, 2.75) is 32.4 Å². The van der Waals surface area contributed by atoms with Crippen molar-refractivity contribution >= 4 is 11.9 Å². The lowest BCUT2D eigenvalue weighted by Gasteiger charge is -2.15. The van der Waals surface area contributed by atoms with Gasteiger partial charge in [-0.05, 0) is 20.3 Å². The first kappa shape index (κ1) is 11.6. The van der Waals surface area contributed by atoms with Gasteiger partial charge in [-0.15, -0.1) is 0 Å². The fourth-order valence-corrected chi connectivity index (χ4v) is 1.76. The van der Waals surface area contributed by atoms with Crippen molar-refractivity contribution in [3.05, 3.63) is 12.7 Å². The highest BCUT2D eigenvalue weighted by atomic mass is 16.2. The van der Waals surface area contributed by atoms with Crippen molar-refractivity contribution in [1.82, 2.24) is 25.0 Å². The molecule has 0 spiro atoms. The third-order valence-corrected chi connectivity index (χ3v) is 2.68. The molecular weight excluding hydrogens is 222 g/mol. The van der Waals surface area contributed by atoms with E-state index in [4.69, 9.17) is 0 Å². The summed E-state index contributed by atoms with van der Waals surface area (Å²) in [6.07, 6.45) is 3.73. The van der Waals surface area contributed by atoms with Crippen molar-refractivity contribution in [2.24, 2.45) is 0 Å². The van der Waals surface area contributed by atoms with Crippen LogP contribution in [0, 0.1) is 0 Å². The van der Waals surface area contributed by atoms with Gasteiger partial charge in [0.15, 0.2) is 0 Å². The summed E-state index contributed by atoms with van der Waals surface area (Å²) in [5, 5.41) is 6.59. The molecular formula is C10H15N5O2. The summed E-state index contributed by atoms with van der Waals surface area (Å²) in [5.41, 5.74) is -0.787. The Hall–Kier alpha value is -1.92. The summed E-state index contributed by atoms with van der Waals surface area (Å²) >= 11 is 0. The summed E-state index contributed by atoms with van der Waals surface area (Å²) in [5.74, 6) is -0.180. The van der Waals surface area contributed by atoms with Gasteiger partial charge in [-0.3, -0.25) is 14.4 Å². The molecule has 0 aliphatic carbocycles. The number of imide groups is 1. The number of aryl methyl sites for hydroxylation is 1. The number of nitrogens with one attached hydrogen (secondary N) is 1. The lowest BCUT2D eigenvalue weighted by molar-refractivity contribution is -0.130. The first-order chi connectivity index (χ1) is 8.00. The van der Waals surface area contributed by atoms with E-state index in [2.05, 4.69) is 15.4 Å². The van der Waals surface area contributed by atoms with Gasteiger partial charge in [-0.2, -0.15) is 5.10 Å². The van der Waals surface area contributed by atoms with Gasteiger partial charge < -0.3 is 5.32 Å². The number of urea groups is 1. The van der Waals surface area contributed by atoms with Crippen molar-refractivity contribution in [3.63, 3.8) is 0 Å². The Balaban J connectivity index is 1.87. The van der Waals surface area contributed by atoms with Gasteiger partial charge in [-0.1, -0.05) is 0 Å². The molecule has 1 aromatic rings. The van der Waals surface area contributed by atoms with Crippen LogP contribution in [0.2, 0.25) is 0 Å². The Morgan fingerprint density at radius 3 is 2.65 bits per heavy atom. The fourth-order valence-electron chi connectivity index (χ4n) is 1.76. The van der Waals surface area contributed by atoms with Crippen molar-refractivity contribution in [1.29, 1.82) is 0 Å². The molecule has 7 nitrogen and oxygen atoms in total. The predicted molar refractivity (Wildman–Crippen MR) is 59.0 cm³/mol. The van der Waals surface area contributed by atoms with E-state index in [1.54, 1.807) is 24.9 Å². The quantitative estimate of drug-likeness (QED) is 0.747. The van der Waals surface area contributed by atoms with Crippen LogP contribution in [0.4, 0.5) is 4.79 Å². The van der Waals surface area contributed by atoms with E-state index < -0.39 is 5.54 Å². The number of hydrogen-bond acceptors (Lipinski definition) is 4. The molecule has 0 aromatic carbocycles. The molecule has 0 saturated carbocycles. The van der Waals surface area contributed by atoms with E-state index in [1.807, 2.05) is 0 Å². The second-order valence-corrected chi connectivity index (χ2v) is 4.52. The summed E-state index contributed by atoms with van der Waals surface area (Å²) in [6, 6.07) is -0.321. The lowest BCUT2D eigenvalue weighted by atomic mass is 10.1. The molecule has 0 radical (unpaired) electrons. The first-order valence-corrected chi connectivity index (χ1v) is 5.47. The van der Waals surface area contributed by atoms with E-state index in [9.17, 15) is 9.59 Å². The van der Waals surface area contributed by atoms with E-state index in [0.29, 0.717) is 19.5 Å².